The van der Waals surface area contributed by atoms with Crippen LogP contribution in [-0.2, 0) is 6.18 Å². The minimum absolute atomic E-state index is 0.0295. The summed E-state index contributed by atoms with van der Waals surface area (Å²) in [5.41, 5.74) is -0.898. The molecule has 1 nitrogen and oxygen atoms in total. The minimum atomic E-state index is -4.56. The SMILES string of the molecule is FC(F)(F)c1cccc(C2NCCCC2C(F)(F)F)c1. The molecule has 0 aliphatic carbocycles. The Morgan fingerprint density at radius 1 is 1.05 bits per heavy atom. The topological polar surface area (TPSA) is 12.0 Å². The number of halogens is 6. The number of benzene rings is 1. The van der Waals surface area contributed by atoms with E-state index < -0.39 is 29.9 Å². The third kappa shape index (κ3) is 3.26. The molecule has 2 rings (SSSR count). The molecule has 1 aromatic rings. The second kappa shape index (κ2) is 5.27. The Bertz CT molecular complexity index is 465. The van der Waals surface area contributed by atoms with Gasteiger partial charge in [0.05, 0.1) is 11.5 Å². The van der Waals surface area contributed by atoms with Gasteiger partial charge in [0, 0.05) is 6.04 Å². The van der Waals surface area contributed by atoms with Gasteiger partial charge in [-0.05, 0) is 37.1 Å². The highest BCUT2D eigenvalue weighted by molar-refractivity contribution is 5.29. The van der Waals surface area contributed by atoms with Crippen molar-refractivity contribution in [2.24, 2.45) is 5.92 Å². The van der Waals surface area contributed by atoms with Crippen molar-refractivity contribution in [3.8, 4) is 0 Å². The lowest BCUT2D eigenvalue weighted by Crippen LogP contribution is -2.41. The molecule has 0 aromatic heterocycles. The van der Waals surface area contributed by atoms with Gasteiger partial charge in [-0.3, -0.25) is 0 Å². The Labute approximate surface area is 112 Å². The first kappa shape index (κ1) is 15.2. The predicted molar refractivity (Wildman–Crippen MR) is 61.0 cm³/mol. The molecule has 1 aliphatic rings. The van der Waals surface area contributed by atoms with Crippen LogP contribution in [0.1, 0.15) is 30.0 Å². The lowest BCUT2D eigenvalue weighted by Gasteiger charge is -2.34. The van der Waals surface area contributed by atoms with Crippen LogP contribution in [0, 0.1) is 5.92 Å². The Hall–Kier alpha value is -1.24. The summed E-state index contributed by atoms with van der Waals surface area (Å²) in [5, 5.41) is 2.68. The van der Waals surface area contributed by atoms with Crippen LogP contribution in [0.2, 0.25) is 0 Å². The first-order valence-corrected chi connectivity index (χ1v) is 6.17. The maximum atomic E-state index is 12.9. The molecule has 0 bridgehead atoms. The van der Waals surface area contributed by atoms with Gasteiger partial charge in [0.25, 0.3) is 0 Å². The zero-order valence-corrected chi connectivity index (χ0v) is 10.4. The van der Waals surface area contributed by atoms with Crippen molar-refractivity contribution in [1.82, 2.24) is 5.32 Å². The van der Waals surface area contributed by atoms with E-state index in [9.17, 15) is 26.3 Å². The third-order valence-electron chi connectivity index (χ3n) is 3.45. The van der Waals surface area contributed by atoms with Crippen molar-refractivity contribution in [1.29, 1.82) is 0 Å². The smallest absolute Gasteiger partial charge is 0.309 e. The molecule has 2 unspecified atom stereocenters. The number of nitrogens with one attached hydrogen (secondary N) is 1. The molecule has 20 heavy (non-hydrogen) atoms. The normalized spacial score (nSPS) is 24.7. The number of rotatable bonds is 1. The van der Waals surface area contributed by atoms with E-state index in [0.29, 0.717) is 13.0 Å². The summed E-state index contributed by atoms with van der Waals surface area (Å²) in [7, 11) is 0. The van der Waals surface area contributed by atoms with E-state index in [-0.39, 0.29) is 12.0 Å². The molecule has 1 saturated heterocycles. The number of hydrogen-bond donors (Lipinski definition) is 1. The van der Waals surface area contributed by atoms with Gasteiger partial charge in [-0.15, -0.1) is 0 Å². The van der Waals surface area contributed by atoms with E-state index >= 15 is 0 Å². The molecule has 2 atom stereocenters. The Morgan fingerprint density at radius 2 is 1.75 bits per heavy atom. The van der Waals surface area contributed by atoms with E-state index in [4.69, 9.17) is 0 Å². The summed E-state index contributed by atoms with van der Waals surface area (Å²) in [6.45, 7) is 0.369. The molecule has 0 spiro atoms. The fourth-order valence-electron chi connectivity index (χ4n) is 2.50. The molecule has 1 heterocycles. The molecular weight excluding hydrogens is 284 g/mol. The number of alkyl halides is 6. The summed E-state index contributed by atoms with van der Waals surface area (Å²) in [6, 6.07) is 2.97. The summed E-state index contributed by atoms with van der Waals surface area (Å²) < 4.78 is 76.7. The minimum Gasteiger partial charge on any atom is -0.309 e. The van der Waals surface area contributed by atoms with Crippen LogP contribution in [0.3, 0.4) is 0 Å². The quantitative estimate of drug-likeness (QED) is 0.762. The molecule has 0 amide bonds. The second-order valence-electron chi connectivity index (χ2n) is 4.85. The fraction of sp³-hybridized carbons (Fsp3) is 0.538. The zero-order valence-electron chi connectivity index (χ0n) is 10.4. The summed E-state index contributed by atoms with van der Waals surface area (Å²) in [4.78, 5) is 0. The Morgan fingerprint density at radius 3 is 2.35 bits per heavy atom. The molecular formula is C13H13F6N. The van der Waals surface area contributed by atoms with Gasteiger partial charge in [0.15, 0.2) is 0 Å². The van der Waals surface area contributed by atoms with E-state index in [1.165, 1.54) is 6.07 Å². The standard InChI is InChI=1S/C13H13F6N/c14-12(15,16)9-4-1-3-8(7-9)11-10(13(17,18)19)5-2-6-20-11/h1,3-4,7,10-11,20H,2,5-6H2. The van der Waals surface area contributed by atoms with E-state index in [1.807, 2.05) is 0 Å². The van der Waals surface area contributed by atoms with Crippen LogP contribution in [-0.4, -0.2) is 12.7 Å². The average Bonchev–Trinajstić information content (AvgIpc) is 2.37. The first-order chi connectivity index (χ1) is 9.19. The van der Waals surface area contributed by atoms with E-state index in [1.54, 1.807) is 0 Å². The third-order valence-corrected chi connectivity index (χ3v) is 3.45. The number of hydrogen-bond acceptors (Lipinski definition) is 1. The lowest BCUT2D eigenvalue weighted by molar-refractivity contribution is -0.189. The highest BCUT2D eigenvalue weighted by Gasteiger charge is 2.46. The maximum Gasteiger partial charge on any atom is 0.416 e. The van der Waals surface area contributed by atoms with Gasteiger partial charge < -0.3 is 5.32 Å². The molecule has 0 radical (unpaired) electrons. The molecule has 1 fully saturated rings. The summed E-state index contributed by atoms with van der Waals surface area (Å²) in [6.07, 6.45) is -8.69. The summed E-state index contributed by atoms with van der Waals surface area (Å²) >= 11 is 0. The van der Waals surface area contributed by atoms with Gasteiger partial charge in [0.1, 0.15) is 0 Å². The van der Waals surface area contributed by atoms with Crippen molar-refractivity contribution in [2.75, 3.05) is 6.54 Å². The molecule has 7 heteroatoms. The predicted octanol–water partition coefficient (Wildman–Crippen LogP) is 4.31. The van der Waals surface area contributed by atoms with Crippen LogP contribution >= 0.6 is 0 Å². The van der Waals surface area contributed by atoms with Crippen LogP contribution in [0.4, 0.5) is 26.3 Å². The molecule has 1 aromatic carbocycles. The van der Waals surface area contributed by atoms with Crippen molar-refractivity contribution in [3.05, 3.63) is 35.4 Å². The van der Waals surface area contributed by atoms with Crippen molar-refractivity contribution >= 4 is 0 Å². The second-order valence-corrected chi connectivity index (χ2v) is 4.85. The first-order valence-electron chi connectivity index (χ1n) is 6.17. The van der Waals surface area contributed by atoms with Crippen molar-refractivity contribution < 1.29 is 26.3 Å². The number of piperidine rings is 1. The van der Waals surface area contributed by atoms with E-state index in [0.717, 1.165) is 18.2 Å². The fourth-order valence-corrected chi connectivity index (χ4v) is 2.50. The average molecular weight is 297 g/mol. The van der Waals surface area contributed by atoms with Gasteiger partial charge in [-0.25, -0.2) is 0 Å². The van der Waals surface area contributed by atoms with Gasteiger partial charge in [-0.1, -0.05) is 12.1 Å². The molecule has 112 valence electrons. The largest absolute Gasteiger partial charge is 0.416 e. The van der Waals surface area contributed by atoms with Crippen molar-refractivity contribution in [2.45, 2.75) is 31.2 Å². The lowest BCUT2D eigenvalue weighted by atomic mass is 9.85. The summed E-state index contributed by atoms with van der Waals surface area (Å²) in [5.74, 6) is -1.65. The van der Waals surface area contributed by atoms with E-state index in [2.05, 4.69) is 5.32 Å². The highest BCUT2D eigenvalue weighted by atomic mass is 19.4. The van der Waals surface area contributed by atoms with Crippen LogP contribution < -0.4 is 5.32 Å². The Kier molecular flexibility index (Phi) is 4.00. The highest BCUT2D eigenvalue weighted by Crippen LogP contribution is 2.42. The van der Waals surface area contributed by atoms with Gasteiger partial charge >= 0.3 is 12.4 Å². The van der Waals surface area contributed by atoms with Gasteiger partial charge in [-0.2, -0.15) is 26.3 Å². The van der Waals surface area contributed by atoms with Crippen LogP contribution in [0.15, 0.2) is 24.3 Å². The monoisotopic (exact) mass is 297 g/mol. The maximum absolute atomic E-state index is 12.9. The van der Waals surface area contributed by atoms with Gasteiger partial charge in [0.2, 0.25) is 0 Å². The Balaban J connectivity index is 2.33. The zero-order chi connectivity index (χ0) is 15.0. The molecule has 0 saturated carbocycles. The molecule has 1 N–H and O–H groups in total. The van der Waals surface area contributed by atoms with Crippen LogP contribution in [0.5, 0.6) is 0 Å². The van der Waals surface area contributed by atoms with Crippen molar-refractivity contribution in [3.63, 3.8) is 0 Å². The van der Waals surface area contributed by atoms with Crippen LogP contribution in [0.25, 0.3) is 0 Å². The molecule has 1 aliphatic heterocycles.